The largest absolute Gasteiger partial charge is 0.438 e. The van der Waals surface area contributed by atoms with Gasteiger partial charge in [-0.05, 0) is 6.42 Å². The average molecular weight is 195 g/mol. The predicted molar refractivity (Wildman–Crippen MR) is 47.2 cm³/mol. The van der Waals surface area contributed by atoms with E-state index >= 15 is 0 Å². The van der Waals surface area contributed by atoms with Crippen molar-refractivity contribution in [2.45, 2.75) is 26.2 Å². The second-order valence-corrected chi connectivity index (χ2v) is 2.71. The lowest BCUT2D eigenvalue weighted by molar-refractivity contribution is -0.155. The molecule has 0 unspecified atom stereocenters. The van der Waals surface area contributed by atoms with Crippen molar-refractivity contribution in [3.63, 3.8) is 0 Å². The molecule has 72 valence electrons. The highest BCUT2D eigenvalue weighted by Crippen LogP contribution is 1.91. The molecule has 0 atom stereocenters. The average Bonchev–Trinajstić information content (AvgIpc) is 2.05. The molecule has 0 fully saturated rings. The minimum absolute atomic E-state index is 0.0513. The lowest BCUT2D eigenvalue weighted by atomic mass is 10.4. The van der Waals surface area contributed by atoms with E-state index in [9.17, 15) is 4.79 Å². The first kappa shape index (κ1) is 11.7. The molecular formula is C8H15ClO3. The number of unbranched alkanes of at least 4 members (excludes halogenated alkanes) is 1. The Labute approximate surface area is 78.0 Å². The highest BCUT2D eigenvalue weighted by atomic mass is 35.5. The number of carbonyl (C=O) groups is 1. The summed E-state index contributed by atoms with van der Waals surface area (Å²) in [5.41, 5.74) is 0. The molecule has 3 nitrogen and oxygen atoms in total. The van der Waals surface area contributed by atoms with Crippen LogP contribution in [0.15, 0.2) is 0 Å². The molecule has 0 aliphatic rings. The Morgan fingerprint density at radius 1 is 1.50 bits per heavy atom. The number of hydrogen-bond acceptors (Lipinski definition) is 3. The Morgan fingerprint density at radius 2 is 2.25 bits per heavy atom. The fraction of sp³-hybridized carbons (Fsp3) is 0.875. The molecule has 0 aromatic heterocycles. The minimum atomic E-state index is -0.304. The zero-order valence-corrected chi connectivity index (χ0v) is 8.10. The quantitative estimate of drug-likeness (QED) is 0.269. The smallest absolute Gasteiger partial charge is 0.309 e. The van der Waals surface area contributed by atoms with Crippen molar-refractivity contribution in [2.24, 2.45) is 0 Å². The van der Waals surface area contributed by atoms with Crippen LogP contribution in [0.25, 0.3) is 0 Å². The van der Waals surface area contributed by atoms with Crippen LogP contribution >= 0.6 is 11.6 Å². The normalized spacial score (nSPS) is 9.83. The molecule has 0 heterocycles. The molecule has 12 heavy (non-hydrogen) atoms. The maximum atomic E-state index is 10.7. The molecule has 0 aliphatic heterocycles. The van der Waals surface area contributed by atoms with Gasteiger partial charge in [0, 0.05) is 5.88 Å². The Morgan fingerprint density at radius 3 is 2.83 bits per heavy atom. The van der Waals surface area contributed by atoms with Gasteiger partial charge in [-0.25, -0.2) is 0 Å². The monoisotopic (exact) mass is 194 g/mol. The summed E-state index contributed by atoms with van der Waals surface area (Å²) in [7, 11) is 0. The summed E-state index contributed by atoms with van der Waals surface area (Å²) in [6.45, 7) is 2.77. The number of hydrogen-bond donors (Lipinski definition) is 0. The fourth-order valence-electron chi connectivity index (χ4n) is 0.562. The van der Waals surface area contributed by atoms with E-state index in [0.717, 1.165) is 12.8 Å². The highest BCUT2D eigenvalue weighted by molar-refractivity contribution is 6.18. The number of alkyl halides is 1. The Kier molecular flexibility index (Phi) is 8.61. The zero-order chi connectivity index (χ0) is 9.23. The molecule has 0 bridgehead atoms. The van der Waals surface area contributed by atoms with E-state index in [1.807, 2.05) is 0 Å². The summed E-state index contributed by atoms with van der Waals surface area (Å²) in [5.74, 6) is -0.00477. The van der Waals surface area contributed by atoms with E-state index < -0.39 is 0 Å². The third-order valence-electron chi connectivity index (χ3n) is 1.24. The van der Waals surface area contributed by atoms with Crippen LogP contribution in [-0.4, -0.2) is 25.2 Å². The summed E-state index contributed by atoms with van der Waals surface area (Å²) in [6, 6.07) is 0. The number of carbonyl (C=O) groups excluding carboxylic acids is 1. The number of rotatable bonds is 7. The summed E-state index contributed by atoms with van der Waals surface area (Å²) in [6.07, 6.45) is 2.32. The third kappa shape index (κ3) is 7.82. The summed E-state index contributed by atoms with van der Waals surface area (Å²) < 4.78 is 9.69. The van der Waals surface area contributed by atoms with Crippen molar-refractivity contribution in [1.82, 2.24) is 0 Å². The number of esters is 1. The third-order valence-corrected chi connectivity index (χ3v) is 1.43. The Balaban J connectivity index is 3.03. The van der Waals surface area contributed by atoms with Gasteiger partial charge in [-0.15, -0.1) is 11.6 Å². The number of ether oxygens (including phenoxy) is 2. The molecule has 4 heteroatoms. The first-order valence-electron chi connectivity index (χ1n) is 4.10. The van der Waals surface area contributed by atoms with Crippen LogP contribution in [0.1, 0.15) is 26.2 Å². The van der Waals surface area contributed by atoms with Gasteiger partial charge >= 0.3 is 5.97 Å². The van der Waals surface area contributed by atoms with Crippen LogP contribution in [0.4, 0.5) is 0 Å². The van der Waals surface area contributed by atoms with E-state index in [0.29, 0.717) is 12.5 Å². The molecule has 0 rings (SSSR count). The molecule has 0 amide bonds. The first-order chi connectivity index (χ1) is 5.81. The summed E-state index contributed by atoms with van der Waals surface area (Å²) >= 11 is 5.32. The van der Waals surface area contributed by atoms with Crippen LogP contribution < -0.4 is 0 Å². The molecule has 0 saturated carbocycles. The first-order valence-corrected chi connectivity index (χ1v) is 4.64. The van der Waals surface area contributed by atoms with Crippen LogP contribution in [0.5, 0.6) is 0 Å². The summed E-state index contributed by atoms with van der Waals surface area (Å²) in [5, 5.41) is 0. The SMILES string of the molecule is CCCCOCOC(=O)CCCl. The van der Waals surface area contributed by atoms with Gasteiger partial charge in [0.2, 0.25) is 0 Å². The molecule has 0 aliphatic carbocycles. The van der Waals surface area contributed by atoms with E-state index in [1.54, 1.807) is 0 Å². The molecule has 0 saturated heterocycles. The molecular weight excluding hydrogens is 180 g/mol. The van der Waals surface area contributed by atoms with Gasteiger partial charge in [-0.2, -0.15) is 0 Å². The van der Waals surface area contributed by atoms with Gasteiger partial charge in [0.1, 0.15) is 0 Å². The fourth-order valence-corrected chi connectivity index (χ4v) is 0.716. The van der Waals surface area contributed by atoms with Gasteiger partial charge in [0.15, 0.2) is 6.79 Å². The van der Waals surface area contributed by atoms with Gasteiger partial charge < -0.3 is 9.47 Å². The Bertz CT molecular complexity index is 117. The molecule has 0 spiro atoms. The number of halogens is 1. The van der Waals surface area contributed by atoms with Crippen LogP contribution in [0.2, 0.25) is 0 Å². The molecule has 0 aromatic rings. The van der Waals surface area contributed by atoms with Crippen molar-refractivity contribution >= 4 is 17.6 Å². The van der Waals surface area contributed by atoms with Crippen molar-refractivity contribution in [1.29, 1.82) is 0 Å². The van der Waals surface area contributed by atoms with E-state index in [2.05, 4.69) is 11.7 Å². The standard InChI is InChI=1S/C8H15ClO3/c1-2-3-6-11-7-12-8(10)4-5-9/h2-7H2,1H3. The van der Waals surface area contributed by atoms with Gasteiger partial charge in [0.05, 0.1) is 13.0 Å². The highest BCUT2D eigenvalue weighted by Gasteiger charge is 1.99. The second kappa shape index (κ2) is 8.81. The van der Waals surface area contributed by atoms with Crippen molar-refractivity contribution in [2.75, 3.05) is 19.3 Å². The summed E-state index contributed by atoms with van der Waals surface area (Å²) in [4.78, 5) is 10.7. The maximum Gasteiger partial charge on any atom is 0.309 e. The topological polar surface area (TPSA) is 35.5 Å². The van der Waals surface area contributed by atoms with Crippen LogP contribution in [-0.2, 0) is 14.3 Å². The van der Waals surface area contributed by atoms with Gasteiger partial charge in [-0.1, -0.05) is 13.3 Å². The van der Waals surface area contributed by atoms with Crippen LogP contribution in [0.3, 0.4) is 0 Å². The maximum absolute atomic E-state index is 10.7. The molecule has 0 radical (unpaired) electrons. The van der Waals surface area contributed by atoms with Crippen molar-refractivity contribution in [3.05, 3.63) is 0 Å². The molecule has 0 N–H and O–H groups in total. The minimum Gasteiger partial charge on any atom is -0.438 e. The van der Waals surface area contributed by atoms with E-state index in [4.69, 9.17) is 16.3 Å². The van der Waals surface area contributed by atoms with Crippen molar-refractivity contribution in [3.8, 4) is 0 Å². The lowest BCUT2D eigenvalue weighted by Crippen LogP contribution is -2.09. The van der Waals surface area contributed by atoms with E-state index in [-0.39, 0.29) is 19.2 Å². The van der Waals surface area contributed by atoms with Gasteiger partial charge in [0.25, 0.3) is 0 Å². The molecule has 0 aromatic carbocycles. The Hall–Kier alpha value is -0.280. The predicted octanol–water partition coefficient (Wildman–Crippen LogP) is 1.93. The van der Waals surface area contributed by atoms with Gasteiger partial charge in [-0.3, -0.25) is 4.79 Å². The lowest BCUT2D eigenvalue weighted by Gasteiger charge is -2.03. The zero-order valence-electron chi connectivity index (χ0n) is 7.35. The van der Waals surface area contributed by atoms with E-state index in [1.165, 1.54) is 0 Å². The second-order valence-electron chi connectivity index (χ2n) is 2.33. The van der Waals surface area contributed by atoms with Crippen LogP contribution in [0, 0.1) is 0 Å². The van der Waals surface area contributed by atoms with Crippen molar-refractivity contribution < 1.29 is 14.3 Å².